The molecule has 0 saturated heterocycles. The van der Waals surface area contributed by atoms with Crippen LogP contribution in [-0.4, -0.2) is 5.91 Å². The lowest BCUT2D eigenvalue weighted by Gasteiger charge is -2.08. The molecule has 1 N–H and O–H groups in total. The van der Waals surface area contributed by atoms with Crippen molar-refractivity contribution in [1.29, 1.82) is 0 Å². The highest BCUT2D eigenvalue weighted by atomic mass is 79.9. The van der Waals surface area contributed by atoms with Crippen molar-refractivity contribution in [3.8, 4) is 0 Å². The molecule has 6 heteroatoms. The van der Waals surface area contributed by atoms with E-state index in [9.17, 15) is 13.6 Å². The highest BCUT2D eigenvalue weighted by Gasteiger charge is 2.13. The van der Waals surface area contributed by atoms with Gasteiger partial charge in [0, 0.05) is 15.0 Å². The minimum Gasteiger partial charge on any atom is -0.319 e. The molecule has 0 aliphatic rings. The van der Waals surface area contributed by atoms with Crippen molar-refractivity contribution in [2.75, 3.05) is 5.32 Å². The Kier molecular flexibility index (Phi) is 4.31. The van der Waals surface area contributed by atoms with Crippen LogP contribution in [0.3, 0.4) is 0 Å². The van der Waals surface area contributed by atoms with Crippen LogP contribution in [0.25, 0.3) is 0 Å². The van der Waals surface area contributed by atoms with Gasteiger partial charge in [-0.3, -0.25) is 4.79 Å². The van der Waals surface area contributed by atoms with Gasteiger partial charge in [-0.1, -0.05) is 15.9 Å². The van der Waals surface area contributed by atoms with Crippen LogP contribution in [0.4, 0.5) is 14.5 Å². The normalized spacial score (nSPS) is 10.3. The van der Waals surface area contributed by atoms with Crippen LogP contribution in [0.15, 0.2) is 45.3 Å². The number of carbonyl (C=O) groups excluding carboxylic acids is 1. The van der Waals surface area contributed by atoms with Gasteiger partial charge in [0.25, 0.3) is 5.91 Å². The van der Waals surface area contributed by atoms with E-state index in [1.807, 2.05) is 0 Å². The summed E-state index contributed by atoms with van der Waals surface area (Å²) < 4.78 is 27.5. The molecule has 0 bridgehead atoms. The van der Waals surface area contributed by atoms with Crippen molar-refractivity contribution in [2.24, 2.45) is 0 Å². The van der Waals surface area contributed by atoms with Gasteiger partial charge in [0.2, 0.25) is 0 Å². The van der Waals surface area contributed by atoms with Gasteiger partial charge in [-0.05, 0) is 46.3 Å². The maximum absolute atomic E-state index is 13.4. The zero-order valence-electron chi connectivity index (χ0n) is 9.38. The molecular weight excluding hydrogens is 384 g/mol. The average molecular weight is 391 g/mol. The Morgan fingerprint density at radius 3 is 2.47 bits per heavy atom. The molecule has 0 aliphatic heterocycles. The third-order valence-corrected chi connectivity index (χ3v) is 3.54. The average Bonchev–Trinajstić information content (AvgIpc) is 2.35. The van der Waals surface area contributed by atoms with Crippen LogP contribution in [0.5, 0.6) is 0 Å². The second-order valence-electron chi connectivity index (χ2n) is 3.70. The van der Waals surface area contributed by atoms with E-state index in [0.717, 1.165) is 10.5 Å². The lowest BCUT2D eigenvalue weighted by atomic mass is 10.2. The first-order valence-corrected chi connectivity index (χ1v) is 6.77. The summed E-state index contributed by atoms with van der Waals surface area (Å²) in [6.07, 6.45) is 0. The molecule has 2 rings (SSSR count). The molecule has 0 heterocycles. The molecule has 2 aromatic carbocycles. The Morgan fingerprint density at radius 2 is 1.79 bits per heavy atom. The Labute approximate surface area is 125 Å². The molecule has 1 amide bonds. The summed E-state index contributed by atoms with van der Waals surface area (Å²) in [6.45, 7) is 0. The number of amides is 1. The van der Waals surface area contributed by atoms with E-state index in [2.05, 4.69) is 37.2 Å². The second kappa shape index (κ2) is 5.79. The minimum absolute atomic E-state index is 0.0710. The summed E-state index contributed by atoms with van der Waals surface area (Å²) in [6, 6.07) is 8.02. The van der Waals surface area contributed by atoms with Crippen LogP contribution in [0, 0.1) is 11.6 Å². The van der Waals surface area contributed by atoms with E-state index in [-0.39, 0.29) is 5.69 Å². The Hall–Kier alpha value is -1.27. The largest absolute Gasteiger partial charge is 0.319 e. The fraction of sp³-hybridized carbons (Fsp3) is 0. The second-order valence-corrected chi connectivity index (χ2v) is 5.47. The third kappa shape index (κ3) is 3.39. The number of benzene rings is 2. The summed E-state index contributed by atoms with van der Waals surface area (Å²) in [7, 11) is 0. The van der Waals surface area contributed by atoms with E-state index >= 15 is 0 Å². The fourth-order valence-corrected chi connectivity index (χ4v) is 2.24. The Morgan fingerprint density at radius 1 is 1.05 bits per heavy atom. The molecule has 0 atom stereocenters. The van der Waals surface area contributed by atoms with Crippen molar-refractivity contribution >= 4 is 43.5 Å². The van der Waals surface area contributed by atoms with Crippen molar-refractivity contribution in [1.82, 2.24) is 0 Å². The van der Waals surface area contributed by atoms with E-state index in [4.69, 9.17) is 0 Å². The number of nitrogens with one attached hydrogen (secondary N) is 1. The molecule has 0 saturated carbocycles. The predicted octanol–water partition coefficient (Wildman–Crippen LogP) is 4.74. The third-order valence-electron chi connectivity index (χ3n) is 2.35. The van der Waals surface area contributed by atoms with Gasteiger partial charge in [-0.15, -0.1) is 0 Å². The molecule has 0 unspecified atom stereocenters. The van der Waals surface area contributed by atoms with Gasteiger partial charge >= 0.3 is 0 Å². The van der Waals surface area contributed by atoms with E-state index in [0.29, 0.717) is 16.1 Å². The van der Waals surface area contributed by atoms with Crippen molar-refractivity contribution in [3.05, 3.63) is 62.5 Å². The molecule has 19 heavy (non-hydrogen) atoms. The predicted molar refractivity (Wildman–Crippen MR) is 76.2 cm³/mol. The fourth-order valence-electron chi connectivity index (χ4n) is 1.45. The lowest BCUT2D eigenvalue weighted by Crippen LogP contribution is -2.13. The molecule has 0 spiro atoms. The van der Waals surface area contributed by atoms with Crippen LogP contribution >= 0.6 is 31.9 Å². The summed E-state index contributed by atoms with van der Waals surface area (Å²) in [5, 5.41) is 2.39. The molecule has 0 radical (unpaired) electrons. The van der Waals surface area contributed by atoms with Crippen LogP contribution in [-0.2, 0) is 0 Å². The monoisotopic (exact) mass is 389 g/mol. The van der Waals surface area contributed by atoms with Crippen LogP contribution < -0.4 is 5.32 Å². The highest BCUT2D eigenvalue weighted by molar-refractivity contribution is 9.11. The molecule has 2 aromatic rings. The minimum atomic E-state index is -0.820. The molecule has 0 aliphatic carbocycles. The number of anilines is 1. The standard InChI is InChI=1S/C13H7Br2F2NO/c14-7-1-3-10(15)9(5-7)13(19)18-12-4-2-8(16)6-11(12)17/h1-6H,(H,18,19). The Bertz CT molecular complexity index is 647. The van der Waals surface area contributed by atoms with Crippen LogP contribution in [0.1, 0.15) is 10.4 Å². The zero-order chi connectivity index (χ0) is 14.0. The quantitative estimate of drug-likeness (QED) is 0.788. The van der Waals surface area contributed by atoms with Gasteiger partial charge in [0.1, 0.15) is 11.6 Å². The smallest absolute Gasteiger partial charge is 0.256 e. The first-order valence-electron chi connectivity index (χ1n) is 5.19. The number of halogens is 4. The van der Waals surface area contributed by atoms with Crippen molar-refractivity contribution in [2.45, 2.75) is 0 Å². The molecule has 2 nitrogen and oxygen atoms in total. The van der Waals surface area contributed by atoms with Crippen molar-refractivity contribution < 1.29 is 13.6 Å². The maximum atomic E-state index is 13.4. The molecule has 0 fully saturated rings. The lowest BCUT2D eigenvalue weighted by molar-refractivity contribution is 0.102. The van der Waals surface area contributed by atoms with Gasteiger partial charge in [0.05, 0.1) is 11.3 Å². The summed E-state index contributed by atoms with van der Waals surface area (Å²) in [5.41, 5.74) is 0.274. The summed E-state index contributed by atoms with van der Waals surface area (Å²) >= 11 is 6.49. The number of carbonyl (C=O) groups is 1. The molecule has 98 valence electrons. The maximum Gasteiger partial charge on any atom is 0.256 e. The SMILES string of the molecule is O=C(Nc1ccc(F)cc1F)c1cc(Br)ccc1Br. The number of hydrogen-bond donors (Lipinski definition) is 1. The topological polar surface area (TPSA) is 29.1 Å². The summed E-state index contributed by atoms with van der Waals surface area (Å²) in [5.74, 6) is -2.00. The van der Waals surface area contributed by atoms with Gasteiger partial charge in [-0.2, -0.15) is 0 Å². The van der Waals surface area contributed by atoms with Crippen molar-refractivity contribution in [3.63, 3.8) is 0 Å². The van der Waals surface area contributed by atoms with Gasteiger partial charge in [0.15, 0.2) is 0 Å². The van der Waals surface area contributed by atoms with E-state index in [1.54, 1.807) is 18.2 Å². The molecular formula is C13H7Br2F2NO. The molecule has 0 aromatic heterocycles. The van der Waals surface area contributed by atoms with E-state index in [1.165, 1.54) is 6.07 Å². The highest BCUT2D eigenvalue weighted by Crippen LogP contribution is 2.23. The summed E-state index contributed by atoms with van der Waals surface area (Å²) in [4.78, 5) is 12.0. The van der Waals surface area contributed by atoms with Crippen LogP contribution in [0.2, 0.25) is 0 Å². The van der Waals surface area contributed by atoms with E-state index < -0.39 is 17.5 Å². The number of hydrogen-bond acceptors (Lipinski definition) is 1. The first kappa shape index (κ1) is 14.1. The number of rotatable bonds is 2. The Balaban J connectivity index is 2.28. The zero-order valence-corrected chi connectivity index (χ0v) is 12.6. The first-order chi connectivity index (χ1) is 8.97. The van der Waals surface area contributed by atoms with Gasteiger partial charge in [-0.25, -0.2) is 8.78 Å². The van der Waals surface area contributed by atoms with Gasteiger partial charge < -0.3 is 5.32 Å².